The SMILES string of the molecule is COc1cc(Cl)cc2c(CN)c[nH]c12. The number of methoxy groups -OCH3 is 1. The monoisotopic (exact) mass is 210 g/mol. The zero-order valence-electron chi connectivity index (χ0n) is 7.80. The summed E-state index contributed by atoms with van der Waals surface area (Å²) < 4.78 is 5.21. The van der Waals surface area contributed by atoms with Crippen molar-refractivity contribution in [2.75, 3.05) is 7.11 Å². The van der Waals surface area contributed by atoms with Crippen LogP contribution in [0.2, 0.25) is 5.02 Å². The molecule has 0 bridgehead atoms. The molecule has 1 aromatic heterocycles. The van der Waals surface area contributed by atoms with Crippen LogP contribution < -0.4 is 10.5 Å². The second-order valence-corrected chi connectivity index (χ2v) is 3.49. The molecule has 0 aliphatic carbocycles. The molecule has 1 aromatic carbocycles. The molecule has 1 heterocycles. The Morgan fingerprint density at radius 1 is 1.50 bits per heavy atom. The molecule has 74 valence electrons. The van der Waals surface area contributed by atoms with Gasteiger partial charge >= 0.3 is 0 Å². The minimum absolute atomic E-state index is 0.490. The molecule has 0 radical (unpaired) electrons. The van der Waals surface area contributed by atoms with Crippen molar-refractivity contribution in [1.82, 2.24) is 4.98 Å². The first-order valence-corrected chi connectivity index (χ1v) is 4.67. The van der Waals surface area contributed by atoms with Crippen LogP contribution in [0, 0.1) is 0 Å². The van der Waals surface area contributed by atoms with E-state index in [-0.39, 0.29) is 0 Å². The largest absolute Gasteiger partial charge is 0.495 e. The van der Waals surface area contributed by atoms with E-state index in [4.69, 9.17) is 22.1 Å². The van der Waals surface area contributed by atoms with E-state index in [1.807, 2.05) is 12.3 Å². The van der Waals surface area contributed by atoms with Gasteiger partial charge in [-0.1, -0.05) is 11.6 Å². The fraction of sp³-hybridized carbons (Fsp3) is 0.200. The number of nitrogens with one attached hydrogen (secondary N) is 1. The lowest BCUT2D eigenvalue weighted by Crippen LogP contribution is -1.94. The average molecular weight is 211 g/mol. The van der Waals surface area contributed by atoms with Crippen LogP contribution in [0.25, 0.3) is 10.9 Å². The number of hydrogen-bond acceptors (Lipinski definition) is 2. The van der Waals surface area contributed by atoms with Crippen molar-refractivity contribution < 1.29 is 4.74 Å². The van der Waals surface area contributed by atoms with Crippen molar-refractivity contribution in [1.29, 1.82) is 0 Å². The second-order valence-electron chi connectivity index (χ2n) is 3.05. The zero-order chi connectivity index (χ0) is 10.1. The van der Waals surface area contributed by atoms with Gasteiger partial charge in [-0.25, -0.2) is 0 Å². The number of fused-ring (bicyclic) bond motifs is 1. The lowest BCUT2D eigenvalue weighted by atomic mass is 10.1. The number of rotatable bonds is 2. The van der Waals surface area contributed by atoms with Gasteiger partial charge < -0.3 is 15.5 Å². The van der Waals surface area contributed by atoms with Gasteiger partial charge in [0, 0.05) is 29.2 Å². The quantitative estimate of drug-likeness (QED) is 0.799. The molecule has 0 saturated carbocycles. The molecule has 0 amide bonds. The Labute approximate surface area is 86.8 Å². The van der Waals surface area contributed by atoms with Crippen LogP contribution in [-0.2, 0) is 6.54 Å². The summed E-state index contributed by atoms with van der Waals surface area (Å²) in [5.74, 6) is 0.743. The minimum Gasteiger partial charge on any atom is -0.495 e. The van der Waals surface area contributed by atoms with E-state index >= 15 is 0 Å². The molecule has 14 heavy (non-hydrogen) atoms. The summed E-state index contributed by atoms with van der Waals surface area (Å²) in [7, 11) is 1.62. The molecule has 3 nitrogen and oxygen atoms in total. The highest BCUT2D eigenvalue weighted by Gasteiger charge is 2.08. The van der Waals surface area contributed by atoms with Crippen LogP contribution in [0.3, 0.4) is 0 Å². The number of halogens is 1. The third kappa shape index (κ3) is 1.35. The van der Waals surface area contributed by atoms with Gasteiger partial charge in [-0.15, -0.1) is 0 Å². The molecule has 2 aromatic rings. The van der Waals surface area contributed by atoms with E-state index in [2.05, 4.69) is 4.98 Å². The second kappa shape index (κ2) is 3.52. The average Bonchev–Trinajstić information content (AvgIpc) is 2.59. The maximum atomic E-state index is 5.95. The first-order valence-electron chi connectivity index (χ1n) is 4.30. The van der Waals surface area contributed by atoms with Crippen molar-refractivity contribution in [2.45, 2.75) is 6.54 Å². The van der Waals surface area contributed by atoms with E-state index in [1.165, 1.54) is 0 Å². The Bertz CT molecular complexity index is 464. The summed E-state index contributed by atoms with van der Waals surface area (Å²) in [6.45, 7) is 0.490. The van der Waals surface area contributed by atoms with Crippen LogP contribution in [-0.4, -0.2) is 12.1 Å². The Hall–Kier alpha value is -1.19. The third-order valence-corrected chi connectivity index (χ3v) is 2.46. The van der Waals surface area contributed by atoms with Crippen molar-refractivity contribution in [3.8, 4) is 5.75 Å². The molecule has 2 rings (SSSR count). The van der Waals surface area contributed by atoms with Gasteiger partial charge in [0.15, 0.2) is 0 Å². The Kier molecular flexibility index (Phi) is 2.35. The lowest BCUT2D eigenvalue weighted by molar-refractivity contribution is 0.419. The first-order chi connectivity index (χ1) is 6.76. The summed E-state index contributed by atoms with van der Waals surface area (Å²) >= 11 is 5.95. The topological polar surface area (TPSA) is 51.0 Å². The van der Waals surface area contributed by atoms with Gasteiger partial charge in [-0.3, -0.25) is 0 Å². The minimum atomic E-state index is 0.490. The predicted molar refractivity (Wildman–Crippen MR) is 57.8 cm³/mol. The van der Waals surface area contributed by atoms with Crippen LogP contribution in [0.1, 0.15) is 5.56 Å². The summed E-state index contributed by atoms with van der Waals surface area (Å²) in [6.07, 6.45) is 1.88. The Morgan fingerprint density at radius 3 is 2.93 bits per heavy atom. The van der Waals surface area contributed by atoms with Gasteiger partial charge in [0.25, 0.3) is 0 Å². The normalized spacial score (nSPS) is 10.8. The zero-order valence-corrected chi connectivity index (χ0v) is 8.56. The number of aromatic nitrogens is 1. The first kappa shape index (κ1) is 9.37. The molecule has 0 aliphatic heterocycles. The standard InChI is InChI=1S/C10H11ClN2O/c1-14-9-3-7(11)2-8-6(4-12)5-13-10(8)9/h2-3,5,13H,4,12H2,1H3. The maximum Gasteiger partial charge on any atom is 0.144 e. The van der Waals surface area contributed by atoms with Crippen LogP contribution in [0.4, 0.5) is 0 Å². The molecular weight excluding hydrogens is 200 g/mol. The molecular formula is C10H11ClN2O. The number of H-pyrrole nitrogens is 1. The molecule has 0 aliphatic rings. The fourth-order valence-electron chi connectivity index (χ4n) is 1.55. The Morgan fingerprint density at radius 2 is 2.29 bits per heavy atom. The van der Waals surface area contributed by atoms with Crippen molar-refractivity contribution in [2.24, 2.45) is 5.73 Å². The van der Waals surface area contributed by atoms with Gasteiger partial charge in [-0.05, 0) is 11.6 Å². The molecule has 0 fully saturated rings. The smallest absolute Gasteiger partial charge is 0.144 e. The number of nitrogens with two attached hydrogens (primary N) is 1. The van der Waals surface area contributed by atoms with Crippen molar-refractivity contribution >= 4 is 22.5 Å². The summed E-state index contributed by atoms with van der Waals surface area (Å²) in [4.78, 5) is 3.12. The van der Waals surface area contributed by atoms with Gasteiger partial charge in [0.05, 0.1) is 12.6 Å². The lowest BCUT2D eigenvalue weighted by Gasteiger charge is -2.02. The highest BCUT2D eigenvalue weighted by molar-refractivity contribution is 6.31. The third-order valence-electron chi connectivity index (χ3n) is 2.24. The number of aromatic amines is 1. The van der Waals surface area contributed by atoms with E-state index < -0.39 is 0 Å². The fourth-order valence-corrected chi connectivity index (χ4v) is 1.76. The molecule has 0 unspecified atom stereocenters. The summed E-state index contributed by atoms with van der Waals surface area (Å²) in [5.41, 5.74) is 7.58. The Balaban J connectivity index is 2.76. The van der Waals surface area contributed by atoms with Gasteiger partial charge in [0.1, 0.15) is 5.75 Å². The van der Waals surface area contributed by atoms with Gasteiger partial charge in [0.2, 0.25) is 0 Å². The van der Waals surface area contributed by atoms with E-state index in [1.54, 1.807) is 13.2 Å². The molecule has 0 spiro atoms. The predicted octanol–water partition coefficient (Wildman–Crippen LogP) is 2.29. The maximum absolute atomic E-state index is 5.95. The van der Waals surface area contributed by atoms with E-state index in [0.717, 1.165) is 22.2 Å². The van der Waals surface area contributed by atoms with Crippen LogP contribution >= 0.6 is 11.6 Å². The van der Waals surface area contributed by atoms with Crippen molar-refractivity contribution in [3.63, 3.8) is 0 Å². The molecule has 0 atom stereocenters. The number of ether oxygens (including phenoxy) is 1. The highest BCUT2D eigenvalue weighted by atomic mass is 35.5. The molecule has 4 heteroatoms. The van der Waals surface area contributed by atoms with E-state index in [0.29, 0.717) is 11.6 Å². The van der Waals surface area contributed by atoms with Gasteiger partial charge in [-0.2, -0.15) is 0 Å². The van der Waals surface area contributed by atoms with Crippen LogP contribution in [0.15, 0.2) is 18.3 Å². The van der Waals surface area contributed by atoms with E-state index in [9.17, 15) is 0 Å². The number of benzene rings is 1. The van der Waals surface area contributed by atoms with Crippen molar-refractivity contribution in [3.05, 3.63) is 28.9 Å². The van der Waals surface area contributed by atoms with Crippen LogP contribution in [0.5, 0.6) is 5.75 Å². The molecule has 3 N–H and O–H groups in total. The molecule has 0 saturated heterocycles. The summed E-state index contributed by atoms with van der Waals surface area (Å²) in [5, 5.41) is 1.68. The highest BCUT2D eigenvalue weighted by Crippen LogP contribution is 2.30. The summed E-state index contributed by atoms with van der Waals surface area (Å²) in [6, 6.07) is 3.67. The number of hydrogen-bond donors (Lipinski definition) is 2.